The highest BCUT2D eigenvalue weighted by Gasteiger charge is 2.31. The van der Waals surface area contributed by atoms with Gasteiger partial charge in [-0.05, 0) is 56.4 Å². The average molecular weight is 358 g/mol. The maximum absolute atomic E-state index is 12.2. The van der Waals surface area contributed by atoms with Gasteiger partial charge in [-0.3, -0.25) is 4.79 Å². The lowest BCUT2D eigenvalue weighted by Gasteiger charge is -2.37. The Balaban J connectivity index is 1.96. The summed E-state index contributed by atoms with van der Waals surface area (Å²) in [5.74, 6) is 2.36. The Bertz CT molecular complexity index is 793. The van der Waals surface area contributed by atoms with Crippen LogP contribution in [0.4, 0.5) is 0 Å². The number of hydrogen-bond donors (Lipinski definition) is 0. The van der Waals surface area contributed by atoms with Crippen molar-refractivity contribution in [1.29, 1.82) is 0 Å². The molecule has 1 aromatic carbocycles. The third-order valence-electron chi connectivity index (χ3n) is 5.26. The summed E-state index contributed by atoms with van der Waals surface area (Å²) in [7, 11) is 3.28. The average Bonchev–Trinajstić information content (AvgIpc) is 2.95. The highest BCUT2D eigenvalue weighted by Crippen LogP contribution is 2.40. The Kier molecular flexibility index (Phi) is 5.20. The summed E-state index contributed by atoms with van der Waals surface area (Å²) in [6.45, 7) is 6.23. The van der Waals surface area contributed by atoms with Gasteiger partial charge in [0.1, 0.15) is 5.76 Å². The van der Waals surface area contributed by atoms with Crippen LogP contribution in [0.15, 0.2) is 16.7 Å². The zero-order valence-corrected chi connectivity index (χ0v) is 16.1. The Morgan fingerprint density at radius 2 is 1.96 bits per heavy atom. The molecule has 1 aromatic heterocycles. The molecule has 2 heterocycles. The van der Waals surface area contributed by atoms with E-state index in [1.165, 1.54) is 5.56 Å². The number of hydrogen-bond acceptors (Lipinski definition) is 5. The fourth-order valence-corrected chi connectivity index (χ4v) is 3.86. The molecule has 6 heteroatoms. The summed E-state index contributed by atoms with van der Waals surface area (Å²) >= 11 is 0. The van der Waals surface area contributed by atoms with Crippen molar-refractivity contribution < 1.29 is 18.8 Å². The zero-order chi connectivity index (χ0) is 18.8. The summed E-state index contributed by atoms with van der Waals surface area (Å²) in [5, 5.41) is 4.04. The normalized spacial score (nSPS) is 16.3. The Morgan fingerprint density at radius 1 is 1.27 bits per heavy atom. The van der Waals surface area contributed by atoms with E-state index in [0.717, 1.165) is 47.6 Å². The van der Waals surface area contributed by atoms with Gasteiger partial charge in [-0.2, -0.15) is 0 Å². The van der Waals surface area contributed by atoms with Gasteiger partial charge in [0.05, 0.1) is 26.0 Å². The number of carbonyl (C=O) groups is 1. The first-order valence-corrected chi connectivity index (χ1v) is 8.90. The van der Waals surface area contributed by atoms with Crippen LogP contribution in [0.5, 0.6) is 11.5 Å². The molecule has 3 rings (SSSR count). The maximum atomic E-state index is 12.2. The van der Waals surface area contributed by atoms with Crippen LogP contribution in [0.1, 0.15) is 47.5 Å². The van der Waals surface area contributed by atoms with Crippen LogP contribution in [-0.4, -0.2) is 36.7 Å². The van der Waals surface area contributed by atoms with Crippen LogP contribution in [0, 0.1) is 13.8 Å². The number of fused-ring (bicyclic) bond motifs is 1. The van der Waals surface area contributed by atoms with Gasteiger partial charge in [0.2, 0.25) is 5.91 Å². The summed E-state index contributed by atoms with van der Waals surface area (Å²) < 4.78 is 16.2. The molecule has 0 fully saturated rings. The SMILES string of the molecule is COc1cc2c(cc1OC)C(CCc1c(C)noc1C)N(C(C)=O)CC2. The molecule has 1 aliphatic heterocycles. The van der Waals surface area contributed by atoms with Crippen LogP contribution in [0.25, 0.3) is 0 Å². The summed E-state index contributed by atoms with van der Waals surface area (Å²) in [6, 6.07) is 4.06. The first kappa shape index (κ1) is 18.3. The molecule has 1 unspecified atom stereocenters. The second kappa shape index (κ2) is 7.40. The maximum Gasteiger partial charge on any atom is 0.219 e. The summed E-state index contributed by atoms with van der Waals surface area (Å²) in [6.07, 6.45) is 2.44. The lowest BCUT2D eigenvalue weighted by atomic mass is 9.88. The van der Waals surface area contributed by atoms with Gasteiger partial charge in [0.25, 0.3) is 0 Å². The predicted molar refractivity (Wildman–Crippen MR) is 97.7 cm³/mol. The Hall–Kier alpha value is -2.50. The first-order chi connectivity index (χ1) is 12.5. The number of ether oxygens (including phenoxy) is 2. The Morgan fingerprint density at radius 3 is 2.54 bits per heavy atom. The number of methoxy groups -OCH3 is 2. The van der Waals surface area contributed by atoms with Crippen molar-refractivity contribution in [3.63, 3.8) is 0 Å². The molecule has 0 aliphatic carbocycles. The standard InChI is InChI=1S/C20H26N2O4/c1-12-16(13(2)26-21-12)6-7-18-17-11-20(25-5)19(24-4)10-15(17)8-9-22(18)14(3)23/h10-11,18H,6-9H2,1-5H3. The van der Waals surface area contributed by atoms with Crippen molar-refractivity contribution in [3.8, 4) is 11.5 Å². The van der Waals surface area contributed by atoms with Crippen LogP contribution in [0.2, 0.25) is 0 Å². The van der Waals surface area contributed by atoms with Crippen LogP contribution in [0.3, 0.4) is 0 Å². The molecule has 140 valence electrons. The van der Waals surface area contributed by atoms with Crippen molar-refractivity contribution in [3.05, 3.63) is 40.3 Å². The molecule has 6 nitrogen and oxygen atoms in total. The van der Waals surface area contributed by atoms with Gasteiger partial charge in [-0.25, -0.2) is 0 Å². The van der Waals surface area contributed by atoms with Crippen molar-refractivity contribution >= 4 is 5.91 Å². The number of benzene rings is 1. The highest BCUT2D eigenvalue weighted by atomic mass is 16.5. The largest absolute Gasteiger partial charge is 0.493 e. The quantitative estimate of drug-likeness (QED) is 0.820. The fourth-order valence-electron chi connectivity index (χ4n) is 3.86. The minimum Gasteiger partial charge on any atom is -0.493 e. The molecular formula is C20H26N2O4. The predicted octanol–water partition coefficient (Wildman–Crippen LogP) is 3.39. The summed E-state index contributed by atoms with van der Waals surface area (Å²) in [4.78, 5) is 14.2. The minimum atomic E-state index is 0.00440. The van der Waals surface area contributed by atoms with Crippen LogP contribution < -0.4 is 9.47 Å². The lowest BCUT2D eigenvalue weighted by molar-refractivity contribution is -0.131. The number of nitrogens with zero attached hydrogens (tertiary/aromatic N) is 2. The molecule has 0 radical (unpaired) electrons. The van der Waals surface area contributed by atoms with E-state index in [1.54, 1.807) is 21.1 Å². The van der Waals surface area contributed by atoms with E-state index in [9.17, 15) is 4.79 Å². The topological polar surface area (TPSA) is 64.8 Å². The van der Waals surface area contributed by atoms with E-state index in [1.807, 2.05) is 30.9 Å². The monoisotopic (exact) mass is 358 g/mol. The highest BCUT2D eigenvalue weighted by molar-refractivity contribution is 5.74. The van der Waals surface area contributed by atoms with Crippen molar-refractivity contribution in [2.45, 2.75) is 46.1 Å². The van der Waals surface area contributed by atoms with Gasteiger partial charge >= 0.3 is 0 Å². The Labute approximate surface area is 154 Å². The molecule has 0 bridgehead atoms. The van der Waals surface area contributed by atoms with Gasteiger partial charge in [0, 0.05) is 19.0 Å². The van der Waals surface area contributed by atoms with E-state index in [0.29, 0.717) is 12.3 Å². The third kappa shape index (κ3) is 3.28. The van der Waals surface area contributed by atoms with Crippen LogP contribution in [-0.2, 0) is 17.6 Å². The minimum absolute atomic E-state index is 0.00440. The molecule has 0 N–H and O–H groups in total. The number of rotatable bonds is 5. The molecule has 2 aromatic rings. The number of amides is 1. The smallest absolute Gasteiger partial charge is 0.219 e. The van der Waals surface area contributed by atoms with E-state index in [2.05, 4.69) is 5.16 Å². The molecular weight excluding hydrogens is 332 g/mol. The first-order valence-electron chi connectivity index (χ1n) is 8.90. The number of aromatic nitrogens is 1. The second-order valence-corrected chi connectivity index (χ2v) is 6.73. The van der Waals surface area contributed by atoms with E-state index in [-0.39, 0.29) is 11.9 Å². The molecule has 1 atom stereocenters. The molecule has 0 saturated carbocycles. The second-order valence-electron chi connectivity index (χ2n) is 6.73. The van der Waals surface area contributed by atoms with E-state index < -0.39 is 0 Å². The molecule has 1 aliphatic rings. The summed E-state index contributed by atoms with van der Waals surface area (Å²) in [5.41, 5.74) is 4.39. The number of carbonyl (C=O) groups excluding carboxylic acids is 1. The van der Waals surface area contributed by atoms with Crippen molar-refractivity contribution in [2.75, 3.05) is 20.8 Å². The third-order valence-corrected chi connectivity index (χ3v) is 5.26. The number of aryl methyl sites for hydroxylation is 2. The van der Waals surface area contributed by atoms with Crippen molar-refractivity contribution in [1.82, 2.24) is 10.1 Å². The van der Waals surface area contributed by atoms with Gasteiger partial charge in [-0.1, -0.05) is 5.16 Å². The van der Waals surface area contributed by atoms with Gasteiger partial charge in [0.15, 0.2) is 11.5 Å². The van der Waals surface area contributed by atoms with E-state index >= 15 is 0 Å². The van der Waals surface area contributed by atoms with Gasteiger partial charge < -0.3 is 18.9 Å². The van der Waals surface area contributed by atoms with Gasteiger partial charge in [-0.15, -0.1) is 0 Å². The van der Waals surface area contributed by atoms with Crippen LogP contribution >= 0.6 is 0 Å². The zero-order valence-electron chi connectivity index (χ0n) is 16.1. The molecule has 0 saturated heterocycles. The molecule has 0 spiro atoms. The van der Waals surface area contributed by atoms with Crippen molar-refractivity contribution in [2.24, 2.45) is 0 Å². The molecule has 1 amide bonds. The fraction of sp³-hybridized carbons (Fsp3) is 0.500. The lowest BCUT2D eigenvalue weighted by Crippen LogP contribution is -2.39. The molecule has 26 heavy (non-hydrogen) atoms. The van der Waals surface area contributed by atoms with E-state index in [4.69, 9.17) is 14.0 Å².